The number of aromatic nitrogens is 1. The van der Waals surface area contributed by atoms with E-state index in [2.05, 4.69) is 15.8 Å². The van der Waals surface area contributed by atoms with Gasteiger partial charge in [0.2, 0.25) is 11.8 Å². The van der Waals surface area contributed by atoms with Crippen LogP contribution in [0.3, 0.4) is 0 Å². The molecule has 0 spiro atoms. The van der Waals surface area contributed by atoms with Crippen LogP contribution in [0.25, 0.3) is 0 Å². The van der Waals surface area contributed by atoms with Crippen molar-refractivity contribution in [3.63, 3.8) is 0 Å². The zero-order valence-electron chi connectivity index (χ0n) is 14.6. The van der Waals surface area contributed by atoms with Crippen molar-refractivity contribution in [3.8, 4) is 5.88 Å². The molecule has 6 heteroatoms. The highest BCUT2D eigenvalue weighted by Gasteiger charge is 2.51. The smallest absolute Gasteiger partial charge is 0.275 e. The maximum absolute atomic E-state index is 12.4. The molecule has 0 aromatic carbocycles. The average molecular weight is 343 g/mol. The van der Waals surface area contributed by atoms with Gasteiger partial charge < -0.3 is 4.74 Å². The van der Waals surface area contributed by atoms with E-state index in [1.165, 1.54) is 45.6 Å². The van der Waals surface area contributed by atoms with E-state index in [1.807, 2.05) is 0 Å². The molecular formula is C19H25N3O3. The van der Waals surface area contributed by atoms with Gasteiger partial charge >= 0.3 is 0 Å². The first kappa shape index (κ1) is 16.4. The normalized spacial score (nSPS) is 32.3. The molecule has 1 aromatic heterocycles. The van der Waals surface area contributed by atoms with Gasteiger partial charge in [0.15, 0.2) is 0 Å². The van der Waals surface area contributed by atoms with Crippen molar-refractivity contribution in [1.82, 2.24) is 15.8 Å². The molecule has 0 radical (unpaired) electrons. The number of carbonyl (C=O) groups is 2. The quantitative estimate of drug-likeness (QED) is 0.823. The van der Waals surface area contributed by atoms with Crippen LogP contribution >= 0.6 is 0 Å². The van der Waals surface area contributed by atoms with Crippen LogP contribution in [0, 0.1) is 23.2 Å². The lowest BCUT2D eigenvalue weighted by molar-refractivity contribution is -0.130. The van der Waals surface area contributed by atoms with Gasteiger partial charge in [0.1, 0.15) is 5.56 Å². The molecule has 6 nitrogen and oxygen atoms in total. The molecule has 0 saturated heterocycles. The van der Waals surface area contributed by atoms with Gasteiger partial charge in [0, 0.05) is 12.6 Å². The fourth-order valence-corrected chi connectivity index (χ4v) is 5.81. The summed E-state index contributed by atoms with van der Waals surface area (Å²) in [5, 5.41) is 0. The number of rotatable bonds is 4. The largest absolute Gasteiger partial charge is 0.480 e. The molecule has 0 atom stereocenters. The fourth-order valence-electron chi connectivity index (χ4n) is 5.81. The Kier molecular flexibility index (Phi) is 4.13. The Labute approximate surface area is 147 Å². The Hall–Kier alpha value is -2.11. The van der Waals surface area contributed by atoms with Crippen LogP contribution in [0.2, 0.25) is 0 Å². The van der Waals surface area contributed by atoms with E-state index in [0.717, 1.165) is 17.8 Å². The lowest BCUT2D eigenvalue weighted by atomic mass is 9.49. The zero-order valence-corrected chi connectivity index (χ0v) is 14.6. The number of hydrogen-bond acceptors (Lipinski definition) is 4. The summed E-state index contributed by atoms with van der Waals surface area (Å²) < 4.78 is 5.08. The van der Waals surface area contributed by atoms with E-state index in [1.54, 1.807) is 18.3 Å². The molecule has 4 fully saturated rings. The highest BCUT2D eigenvalue weighted by atomic mass is 16.5. The number of carbonyl (C=O) groups excluding carboxylic acids is 2. The third kappa shape index (κ3) is 3.22. The van der Waals surface area contributed by atoms with Crippen LogP contribution in [0.15, 0.2) is 18.3 Å². The van der Waals surface area contributed by atoms with E-state index in [0.29, 0.717) is 12.0 Å². The minimum Gasteiger partial charge on any atom is -0.480 e. The van der Waals surface area contributed by atoms with Crippen molar-refractivity contribution >= 4 is 11.8 Å². The van der Waals surface area contributed by atoms with Crippen molar-refractivity contribution < 1.29 is 14.3 Å². The summed E-state index contributed by atoms with van der Waals surface area (Å²) in [5.74, 6) is 2.17. The van der Waals surface area contributed by atoms with Gasteiger partial charge in [-0.3, -0.25) is 20.4 Å². The molecule has 4 saturated carbocycles. The highest BCUT2D eigenvalue weighted by molar-refractivity contribution is 5.97. The zero-order chi connectivity index (χ0) is 17.4. The van der Waals surface area contributed by atoms with Crippen molar-refractivity contribution in [2.75, 3.05) is 7.11 Å². The molecule has 2 N–H and O–H groups in total. The van der Waals surface area contributed by atoms with Gasteiger partial charge in [-0.15, -0.1) is 0 Å². The number of nitrogens with zero attached hydrogens (tertiary/aromatic N) is 1. The number of methoxy groups -OCH3 is 1. The molecule has 5 rings (SSSR count). The van der Waals surface area contributed by atoms with Crippen LogP contribution in [0.4, 0.5) is 0 Å². The maximum Gasteiger partial charge on any atom is 0.275 e. The van der Waals surface area contributed by atoms with Crippen molar-refractivity contribution in [2.24, 2.45) is 23.2 Å². The highest BCUT2D eigenvalue weighted by Crippen LogP contribution is 2.61. The number of nitrogens with one attached hydrogen (secondary N) is 2. The number of ether oxygens (including phenoxy) is 1. The summed E-state index contributed by atoms with van der Waals surface area (Å²) in [5.41, 5.74) is 5.55. The van der Waals surface area contributed by atoms with Crippen LogP contribution in [0.5, 0.6) is 5.88 Å². The Morgan fingerprint density at radius 3 is 2.40 bits per heavy atom. The Bertz CT molecular complexity index is 653. The monoisotopic (exact) mass is 343 g/mol. The topological polar surface area (TPSA) is 80.3 Å². The number of hydrogen-bond donors (Lipinski definition) is 2. The Morgan fingerprint density at radius 1 is 1.16 bits per heavy atom. The molecular weight excluding hydrogens is 318 g/mol. The van der Waals surface area contributed by atoms with Crippen LogP contribution in [-0.2, 0) is 4.79 Å². The van der Waals surface area contributed by atoms with Gasteiger partial charge in [0.25, 0.3) is 5.91 Å². The molecule has 2 amide bonds. The Balaban J connectivity index is 1.34. The van der Waals surface area contributed by atoms with Gasteiger partial charge in [-0.2, -0.15) is 0 Å². The number of pyridine rings is 1. The van der Waals surface area contributed by atoms with Gasteiger partial charge in [0.05, 0.1) is 7.11 Å². The molecule has 25 heavy (non-hydrogen) atoms. The van der Waals surface area contributed by atoms with E-state index in [4.69, 9.17) is 4.74 Å². The van der Waals surface area contributed by atoms with Crippen LogP contribution in [0.1, 0.15) is 55.3 Å². The number of amides is 2. The Morgan fingerprint density at radius 2 is 1.80 bits per heavy atom. The maximum atomic E-state index is 12.4. The second-order valence-corrected chi connectivity index (χ2v) is 8.16. The summed E-state index contributed by atoms with van der Waals surface area (Å²) in [4.78, 5) is 28.7. The molecule has 134 valence electrons. The first-order valence-electron chi connectivity index (χ1n) is 9.15. The second-order valence-electron chi connectivity index (χ2n) is 8.16. The molecule has 1 heterocycles. The van der Waals surface area contributed by atoms with Crippen LogP contribution < -0.4 is 15.6 Å². The average Bonchev–Trinajstić information content (AvgIpc) is 2.58. The minimum atomic E-state index is -0.413. The first-order valence-corrected chi connectivity index (χ1v) is 9.15. The van der Waals surface area contributed by atoms with Crippen molar-refractivity contribution in [2.45, 2.75) is 44.9 Å². The summed E-state index contributed by atoms with van der Waals surface area (Å²) in [6.07, 6.45) is 9.68. The SMILES string of the molecule is COc1ncccc1C(=O)NNC(=O)CC12CC3CC(CC(C3)C1)C2. The molecule has 4 bridgehead atoms. The van der Waals surface area contributed by atoms with E-state index in [9.17, 15) is 9.59 Å². The second kappa shape index (κ2) is 6.32. The van der Waals surface area contributed by atoms with Crippen LogP contribution in [-0.4, -0.2) is 23.9 Å². The lowest BCUT2D eigenvalue weighted by Crippen LogP contribution is -2.50. The standard InChI is InChI=1S/C19H25N3O3/c1-25-18-15(3-2-4-20-18)17(24)22-21-16(23)11-19-8-12-5-13(9-19)7-14(6-12)10-19/h2-4,12-14H,5-11H2,1H3,(H,21,23)(H,22,24). The summed E-state index contributed by atoms with van der Waals surface area (Å²) in [7, 11) is 1.46. The van der Waals surface area contributed by atoms with E-state index < -0.39 is 5.91 Å². The summed E-state index contributed by atoms with van der Waals surface area (Å²) >= 11 is 0. The van der Waals surface area contributed by atoms with Crippen molar-refractivity contribution in [3.05, 3.63) is 23.9 Å². The van der Waals surface area contributed by atoms with Gasteiger partial charge in [-0.05, 0) is 73.8 Å². The fraction of sp³-hybridized carbons (Fsp3) is 0.632. The molecule has 4 aliphatic rings. The third-order valence-electron chi connectivity index (χ3n) is 6.23. The van der Waals surface area contributed by atoms with E-state index >= 15 is 0 Å². The first-order chi connectivity index (χ1) is 12.1. The summed E-state index contributed by atoms with van der Waals surface area (Å²) in [6, 6.07) is 3.28. The molecule has 0 aliphatic heterocycles. The molecule has 0 unspecified atom stereocenters. The lowest BCUT2D eigenvalue weighted by Gasteiger charge is -2.56. The third-order valence-corrected chi connectivity index (χ3v) is 6.23. The van der Waals surface area contributed by atoms with Gasteiger partial charge in [-0.25, -0.2) is 4.98 Å². The molecule has 1 aromatic rings. The van der Waals surface area contributed by atoms with Crippen molar-refractivity contribution in [1.29, 1.82) is 0 Å². The molecule has 4 aliphatic carbocycles. The van der Waals surface area contributed by atoms with Gasteiger partial charge in [-0.1, -0.05) is 0 Å². The summed E-state index contributed by atoms with van der Waals surface area (Å²) in [6.45, 7) is 0. The predicted molar refractivity (Wildman–Crippen MR) is 91.6 cm³/mol. The minimum absolute atomic E-state index is 0.0989. The predicted octanol–water partition coefficient (Wildman–Crippen LogP) is 2.46. The number of hydrazine groups is 1. The van der Waals surface area contributed by atoms with E-state index in [-0.39, 0.29) is 17.2 Å².